The SMILES string of the molecule is CCC1(CC)CC(Oc2ccc3c(c2)C(=O)C(CCC2CCC(=O)NC2=O)C3=O)C1. The van der Waals surface area contributed by atoms with Crippen LogP contribution in [0.2, 0.25) is 0 Å². The summed E-state index contributed by atoms with van der Waals surface area (Å²) in [6.45, 7) is 4.43. The van der Waals surface area contributed by atoms with Crippen LogP contribution in [0.4, 0.5) is 0 Å². The van der Waals surface area contributed by atoms with Crippen LogP contribution in [0.3, 0.4) is 0 Å². The zero-order chi connectivity index (χ0) is 21.5. The van der Waals surface area contributed by atoms with E-state index in [2.05, 4.69) is 19.2 Å². The molecule has 1 heterocycles. The third-order valence-electron chi connectivity index (χ3n) is 7.44. The van der Waals surface area contributed by atoms with Crippen molar-refractivity contribution in [3.05, 3.63) is 29.3 Å². The molecule has 0 bridgehead atoms. The van der Waals surface area contributed by atoms with Crippen molar-refractivity contribution in [2.75, 3.05) is 0 Å². The van der Waals surface area contributed by atoms with E-state index in [-0.39, 0.29) is 35.4 Å². The zero-order valence-corrected chi connectivity index (χ0v) is 17.7. The van der Waals surface area contributed by atoms with Crippen LogP contribution < -0.4 is 10.1 Å². The summed E-state index contributed by atoms with van der Waals surface area (Å²) < 4.78 is 6.08. The van der Waals surface area contributed by atoms with Crippen molar-refractivity contribution in [2.45, 2.75) is 71.3 Å². The minimum Gasteiger partial charge on any atom is -0.490 e. The second kappa shape index (κ2) is 7.97. The van der Waals surface area contributed by atoms with E-state index in [0.717, 1.165) is 25.7 Å². The topological polar surface area (TPSA) is 89.5 Å². The molecule has 1 saturated heterocycles. The second-order valence-electron chi connectivity index (χ2n) is 9.07. The van der Waals surface area contributed by atoms with E-state index >= 15 is 0 Å². The molecular weight excluding hydrogens is 382 g/mol. The minimum absolute atomic E-state index is 0.165. The predicted octanol–water partition coefficient (Wildman–Crippen LogP) is 3.86. The van der Waals surface area contributed by atoms with E-state index in [1.165, 1.54) is 0 Å². The zero-order valence-electron chi connectivity index (χ0n) is 17.7. The maximum absolute atomic E-state index is 12.9. The molecule has 2 aliphatic carbocycles. The molecule has 4 rings (SSSR count). The maximum Gasteiger partial charge on any atom is 0.229 e. The molecule has 30 heavy (non-hydrogen) atoms. The van der Waals surface area contributed by atoms with Gasteiger partial charge < -0.3 is 4.74 Å². The lowest BCUT2D eigenvalue weighted by molar-refractivity contribution is -0.136. The molecule has 1 aromatic rings. The summed E-state index contributed by atoms with van der Waals surface area (Å²) in [5, 5.41) is 2.33. The summed E-state index contributed by atoms with van der Waals surface area (Å²) in [6, 6.07) is 5.19. The lowest BCUT2D eigenvalue weighted by atomic mass is 9.63. The monoisotopic (exact) mass is 411 g/mol. The van der Waals surface area contributed by atoms with Gasteiger partial charge >= 0.3 is 0 Å². The quantitative estimate of drug-likeness (QED) is 0.544. The number of nitrogens with one attached hydrogen (secondary N) is 1. The van der Waals surface area contributed by atoms with Gasteiger partial charge in [-0.05, 0) is 55.7 Å². The van der Waals surface area contributed by atoms with E-state index < -0.39 is 5.92 Å². The fourth-order valence-electron chi connectivity index (χ4n) is 5.16. The molecule has 160 valence electrons. The Morgan fingerprint density at radius 2 is 1.70 bits per heavy atom. The highest BCUT2D eigenvalue weighted by atomic mass is 16.5. The van der Waals surface area contributed by atoms with Crippen LogP contribution in [0.1, 0.15) is 85.9 Å². The summed E-state index contributed by atoms with van der Waals surface area (Å²) in [7, 11) is 0. The molecule has 0 radical (unpaired) electrons. The van der Waals surface area contributed by atoms with Gasteiger partial charge in [0, 0.05) is 23.5 Å². The van der Waals surface area contributed by atoms with Gasteiger partial charge in [0.2, 0.25) is 11.8 Å². The lowest BCUT2D eigenvalue weighted by Gasteiger charge is -2.46. The van der Waals surface area contributed by atoms with Gasteiger partial charge in [-0.2, -0.15) is 0 Å². The maximum atomic E-state index is 12.9. The average Bonchev–Trinajstić information content (AvgIpc) is 2.94. The number of hydrogen-bond donors (Lipinski definition) is 1. The van der Waals surface area contributed by atoms with Gasteiger partial charge in [-0.25, -0.2) is 0 Å². The van der Waals surface area contributed by atoms with Crippen LogP contribution in [0.5, 0.6) is 5.75 Å². The van der Waals surface area contributed by atoms with Crippen molar-refractivity contribution in [1.82, 2.24) is 5.32 Å². The number of fused-ring (bicyclic) bond motifs is 1. The van der Waals surface area contributed by atoms with Crippen molar-refractivity contribution in [1.29, 1.82) is 0 Å². The first-order valence-electron chi connectivity index (χ1n) is 11.1. The second-order valence-corrected chi connectivity index (χ2v) is 9.07. The lowest BCUT2D eigenvalue weighted by Crippen LogP contribution is -2.43. The first-order valence-corrected chi connectivity index (χ1v) is 11.1. The number of amides is 2. The molecule has 2 unspecified atom stereocenters. The summed E-state index contributed by atoms with van der Waals surface area (Å²) in [4.78, 5) is 48.9. The number of imide groups is 1. The number of rotatable bonds is 7. The number of benzene rings is 1. The summed E-state index contributed by atoms with van der Waals surface area (Å²) >= 11 is 0. The number of ketones is 2. The van der Waals surface area contributed by atoms with Gasteiger partial charge in [-0.3, -0.25) is 24.5 Å². The third kappa shape index (κ3) is 3.68. The first-order chi connectivity index (χ1) is 14.4. The summed E-state index contributed by atoms with van der Waals surface area (Å²) in [5.41, 5.74) is 1.27. The molecule has 3 aliphatic rings. The molecule has 2 fully saturated rings. The fraction of sp³-hybridized carbons (Fsp3) is 0.583. The van der Waals surface area contributed by atoms with Crippen molar-refractivity contribution >= 4 is 23.4 Å². The van der Waals surface area contributed by atoms with Crippen molar-refractivity contribution < 1.29 is 23.9 Å². The molecule has 1 N–H and O–H groups in total. The molecule has 6 nitrogen and oxygen atoms in total. The molecule has 2 atom stereocenters. The Hall–Kier alpha value is -2.50. The Morgan fingerprint density at radius 3 is 2.37 bits per heavy atom. The molecule has 1 saturated carbocycles. The highest BCUT2D eigenvalue weighted by Gasteiger charge is 2.43. The van der Waals surface area contributed by atoms with Crippen LogP contribution in [0, 0.1) is 17.3 Å². The number of Topliss-reactive ketones (excluding diaryl/α,β-unsaturated/α-hetero) is 2. The smallest absolute Gasteiger partial charge is 0.229 e. The van der Waals surface area contributed by atoms with Crippen LogP contribution in [0.15, 0.2) is 18.2 Å². The number of carbonyl (C=O) groups excluding carboxylic acids is 4. The van der Waals surface area contributed by atoms with Crippen molar-refractivity contribution in [3.8, 4) is 5.75 Å². The normalized spacial score (nSPS) is 25.7. The number of piperidine rings is 1. The molecule has 1 aromatic carbocycles. The summed E-state index contributed by atoms with van der Waals surface area (Å²) in [6.07, 6.45) is 6.05. The van der Waals surface area contributed by atoms with Gasteiger partial charge in [0.05, 0.1) is 12.0 Å². The largest absolute Gasteiger partial charge is 0.490 e. The highest BCUT2D eigenvalue weighted by Crippen LogP contribution is 2.48. The minimum atomic E-state index is -0.739. The number of carbonyl (C=O) groups is 4. The van der Waals surface area contributed by atoms with Crippen molar-refractivity contribution in [3.63, 3.8) is 0 Å². The fourth-order valence-corrected chi connectivity index (χ4v) is 5.16. The van der Waals surface area contributed by atoms with Crippen LogP contribution in [0.25, 0.3) is 0 Å². The molecule has 0 aromatic heterocycles. The van der Waals surface area contributed by atoms with Gasteiger partial charge in [-0.15, -0.1) is 0 Å². The number of hydrogen-bond acceptors (Lipinski definition) is 5. The van der Waals surface area contributed by atoms with E-state index in [1.54, 1.807) is 18.2 Å². The molecular formula is C24H29NO5. The average molecular weight is 411 g/mol. The van der Waals surface area contributed by atoms with Gasteiger partial charge in [0.25, 0.3) is 0 Å². The van der Waals surface area contributed by atoms with Gasteiger partial charge in [-0.1, -0.05) is 26.7 Å². The standard InChI is InChI=1S/C24H29NO5/c1-3-24(4-2)12-16(13-24)30-15-7-9-17-19(11-15)22(28)18(21(17)27)8-5-14-6-10-20(26)25-23(14)29/h7,9,11,14,16,18H,3-6,8,10,12-13H2,1-2H3,(H,25,26,29). The molecule has 2 amide bonds. The molecule has 0 spiro atoms. The van der Waals surface area contributed by atoms with Crippen molar-refractivity contribution in [2.24, 2.45) is 17.3 Å². The van der Waals surface area contributed by atoms with E-state index in [0.29, 0.717) is 48.0 Å². The number of ether oxygens (including phenoxy) is 1. The predicted molar refractivity (Wildman–Crippen MR) is 110 cm³/mol. The third-order valence-corrected chi connectivity index (χ3v) is 7.44. The van der Waals surface area contributed by atoms with Crippen LogP contribution in [-0.4, -0.2) is 29.5 Å². The Morgan fingerprint density at radius 1 is 1.00 bits per heavy atom. The Bertz CT molecular complexity index is 893. The Labute approximate surface area is 176 Å². The summed E-state index contributed by atoms with van der Waals surface area (Å²) in [5.74, 6) is -1.32. The Kier molecular flexibility index (Phi) is 5.51. The van der Waals surface area contributed by atoms with E-state index in [4.69, 9.17) is 4.74 Å². The van der Waals surface area contributed by atoms with E-state index in [1.807, 2.05) is 0 Å². The first kappa shape index (κ1) is 20.8. The highest BCUT2D eigenvalue weighted by molar-refractivity contribution is 6.26. The molecule has 1 aliphatic heterocycles. The van der Waals surface area contributed by atoms with E-state index in [9.17, 15) is 19.2 Å². The van der Waals surface area contributed by atoms with Crippen LogP contribution in [-0.2, 0) is 9.59 Å². The van der Waals surface area contributed by atoms with Gasteiger partial charge in [0.15, 0.2) is 11.6 Å². The van der Waals surface area contributed by atoms with Crippen LogP contribution >= 0.6 is 0 Å². The Balaban J connectivity index is 1.38. The molecule has 6 heteroatoms. The van der Waals surface area contributed by atoms with Gasteiger partial charge in [0.1, 0.15) is 5.75 Å².